The van der Waals surface area contributed by atoms with Gasteiger partial charge in [-0.25, -0.2) is 0 Å². The third-order valence-corrected chi connectivity index (χ3v) is 4.40. The second-order valence-corrected chi connectivity index (χ2v) is 6.65. The van der Waals surface area contributed by atoms with E-state index in [0.29, 0.717) is 12.3 Å². The maximum Gasteiger partial charge on any atom is 0.136 e. The molecule has 1 aromatic heterocycles. The predicted molar refractivity (Wildman–Crippen MR) is 89.7 cm³/mol. The van der Waals surface area contributed by atoms with Crippen LogP contribution < -0.4 is 10.1 Å². The van der Waals surface area contributed by atoms with Crippen LogP contribution in [-0.4, -0.2) is 18.3 Å². The Morgan fingerprint density at radius 3 is 2.83 bits per heavy atom. The van der Waals surface area contributed by atoms with E-state index in [1.165, 1.54) is 11.1 Å². The van der Waals surface area contributed by atoms with Crippen molar-refractivity contribution < 1.29 is 14.3 Å². The smallest absolute Gasteiger partial charge is 0.136 e. The number of furan rings is 1. The molecule has 4 nitrogen and oxygen atoms in total. The highest BCUT2D eigenvalue weighted by Gasteiger charge is 2.29. The molecule has 3 rings (SSSR count). The molecule has 0 amide bonds. The lowest BCUT2D eigenvalue weighted by molar-refractivity contribution is 0.0305. The monoisotopic (exact) mass is 315 g/mol. The summed E-state index contributed by atoms with van der Waals surface area (Å²) in [5, 5.41) is 14.2. The summed E-state index contributed by atoms with van der Waals surface area (Å²) >= 11 is 0. The van der Waals surface area contributed by atoms with Crippen molar-refractivity contribution in [1.29, 1.82) is 0 Å². The van der Waals surface area contributed by atoms with E-state index in [1.807, 2.05) is 25.1 Å². The third-order valence-electron chi connectivity index (χ3n) is 4.40. The Labute approximate surface area is 137 Å². The molecule has 1 aliphatic rings. The molecule has 0 fully saturated rings. The molecule has 2 aromatic rings. The van der Waals surface area contributed by atoms with Crippen LogP contribution in [0.5, 0.6) is 5.75 Å². The van der Waals surface area contributed by atoms with E-state index >= 15 is 0 Å². The Morgan fingerprint density at radius 2 is 2.09 bits per heavy atom. The quantitative estimate of drug-likeness (QED) is 0.905. The Bertz CT molecular complexity index is 675. The molecule has 0 radical (unpaired) electrons. The van der Waals surface area contributed by atoms with E-state index in [2.05, 4.69) is 24.4 Å². The summed E-state index contributed by atoms with van der Waals surface area (Å²) in [7, 11) is 0. The summed E-state index contributed by atoms with van der Waals surface area (Å²) in [5.41, 5.74) is 1.36. The highest BCUT2D eigenvalue weighted by molar-refractivity contribution is 5.39. The summed E-state index contributed by atoms with van der Waals surface area (Å²) < 4.78 is 11.4. The van der Waals surface area contributed by atoms with E-state index < -0.39 is 5.60 Å². The number of fused-ring (bicyclic) bond motifs is 1. The molecule has 0 saturated carbocycles. The van der Waals surface area contributed by atoms with Gasteiger partial charge in [0.1, 0.15) is 22.9 Å². The van der Waals surface area contributed by atoms with Gasteiger partial charge in [-0.05, 0) is 51.8 Å². The highest BCUT2D eigenvalue weighted by Crippen LogP contribution is 2.33. The second kappa shape index (κ2) is 6.38. The average molecular weight is 315 g/mol. The molecule has 4 heteroatoms. The van der Waals surface area contributed by atoms with Crippen molar-refractivity contribution in [1.82, 2.24) is 5.32 Å². The van der Waals surface area contributed by atoms with Crippen molar-refractivity contribution in [3.63, 3.8) is 0 Å². The summed E-state index contributed by atoms with van der Waals surface area (Å²) in [5.74, 6) is 2.35. The van der Waals surface area contributed by atoms with Gasteiger partial charge >= 0.3 is 0 Å². The fourth-order valence-electron chi connectivity index (χ4n) is 3.04. The Hall–Kier alpha value is -1.78. The van der Waals surface area contributed by atoms with Crippen LogP contribution in [0, 0.1) is 13.8 Å². The van der Waals surface area contributed by atoms with E-state index in [1.54, 1.807) is 6.92 Å². The molecule has 2 unspecified atom stereocenters. The van der Waals surface area contributed by atoms with Crippen LogP contribution >= 0.6 is 0 Å². The molecule has 0 saturated heterocycles. The van der Waals surface area contributed by atoms with Crippen molar-refractivity contribution in [3.8, 4) is 5.75 Å². The van der Waals surface area contributed by atoms with Crippen LogP contribution in [0.15, 0.2) is 34.7 Å². The fraction of sp³-hybridized carbons (Fsp3) is 0.474. The molecule has 0 aliphatic carbocycles. The number of benzene rings is 1. The highest BCUT2D eigenvalue weighted by atomic mass is 16.5. The average Bonchev–Trinajstić information content (AvgIpc) is 2.85. The number of nitrogens with one attached hydrogen (secondary N) is 1. The lowest BCUT2D eigenvalue weighted by Gasteiger charge is -2.26. The topological polar surface area (TPSA) is 54.6 Å². The van der Waals surface area contributed by atoms with Gasteiger partial charge in [-0.1, -0.05) is 17.7 Å². The van der Waals surface area contributed by atoms with E-state index in [4.69, 9.17) is 9.15 Å². The van der Waals surface area contributed by atoms with Crippen LogP contribution in [0.4, 0.5) is 0 Å². The standard InChI is InChI=1S/C19H25NO3/c1-13-6-8-17-15(11-13)16(5-4-10-22-17)20-12-19(3,21)18-9-7-14(2)23-18/h6-9,11,16,20-21H,4-5,10,12H2,1-3H3. The van der Waals surface area contributed by atoms with Crippen molar-refractivity contribution >= 4 is 0 Å². The first-order valence-corrected chi connectivity index (χ1v) is 8.22. The fourth-order valence-corrected chi connectivity index (χ4v) is 3.04. The Kier molecular flexibility index (Phi) is 4.46. The zero-order valence-electron chi connectivity index (χ0n) is 14.1. The molecule has 0 spiro atoms. The van der Waals surface area contributed by atoms with Gasteiger partial charge in [-0.3, -0.25) is 0 Å². The van der Waals surface area contributed by atoms with Crippen molar-refractivity contribution in [3.05, 3.63) is 53.0 Å². The van der Waals surface area contributed by atoms with E-state index in [-0.39, 0.29) is 6.04 Å². The number of hydrogen-bond acceptors (Lipinski definition) is 4. The van der Waals surface area contributed by atoms with Crippen LogP contribution in [0.1, 0.15) is 48.5 Å². The van der Waals surface area contributed by atoms with Crippen LogP contribution in [-0.2, 0) is 5.60 Å². The van der Waals surface area contributed by atoms with Gasteiger partial charge in [0.15, 0.2) is 0 Å². The lowest BCUT2D eigenvalue weighted by atomic mass is 9.98. The molecule has 124 valence electrons. The maximum absolute atomic E-state index is 10.7. The molecule has 23 heavy (non-hydrogen) atoms. The molecular formula is C19H25NO3. The third kappa shape index (κ3) is 3.59. The minimum Gasteiger partial charge on any atom is -0.493 e. The van der Waals surface area contributed by atoms with Crippen molar-refractivity contribution in [2.75, 3.05) is 13.2 Å². The molecular weight excluding hydrogens is 290 g/mol. The summed E-state index contributed by atoms with van der Waals surface area (Å²) in [6.45, 7) is 6.92. The summed E-state index contributed by atoms with van der Waals surface area (Å²) in [4.78, 5) is 0. The lowest BCUT2D eigenvalue weighted by Crippen LogP contribution is -2.37. The number of rotatable bonds is 4. The zero-order chi connectivity index (χ0) is 16.4. The maximum atomic E-state index is 10.7. The molecule has 2 N–H and O–H groups in total. The van der Waals surface area contributed by atoms with Gasteiger partial charge in [0, 0.05) is 18.2 Å². The van der Waals surface area contributed by atoms with E-state index in [0.717, 1.165) is 31.0 Å². The first-order valence-electron chi connectivity index (χ1n) is 8.22. The minimum absolute atomic E-state index is 0.176. The first kappa shape index (κ1) is 16.1. The molecule has 2 heterocycles. The largest absolute Gasteiger partial charge is 0.493 e. The zero-order valence-corrected chi connectivity index (χ0v) is 14.1. The van der Waals surface area contributed by atoms with Gasteiger partial charge in [-0.15, -0.1) is 0 Å². The van der Waals surface area contributed by atoms with Crippen LogP contribution in [0.2, 0.25) is 0 Å². The first-order chi connectivity index (χ1) is 11.0. The van der Waals surface area contributed by atoms with Gasteiger partial charge in [0.05, 0.1) is 6.61 Å². The summed E-state index contributed by atoms with van der Waals surface area (Å²) in [6, 6.07) is 10.2. The number of aliphatic hydroxyl groups is 1. The number of hydrogen-bond donors (Lipinski definition) is 2. The number of ether oxygens (including phenoxy) is 1. The van der Waals surface area contributed by atoms with E-state index in [9.17, 15) is 5.11 Å². The molecule has 2 atom stereocenters. The normalized spacial score (nSPS) is 20.3. The van der Waals surface area contributed by atoms with Gasteiger partial charge in [0.25, 0.3) is 0 Å². The van der Waals surface area contributed by atoms with Crippen LogP contribution in [0.3, 0.4) is 0 Å². The number of aryl methyl sites for hydroxylation is 2. The second-order valence-electron chi connectivity index (χ2n) is 6.65. The van der Waals surface area contributed by atoms with Gasteiger partial charge in [-0.2, -0.15) is 0 Å². The minimum atomic E-state index is -1.04. The predicted octanol–water partition coefficient (Wildman–Crippen LogP) is 3.61. The SMILES string of the molecule is Cc1ccc2c(c1)C(NCC(C)(O)c1ccc(C)o1)CCCO2. The van der Waals surface area contributed by atoms with Gasteiger partial charge in [0.2, 0.25) is 0 Å². The van der Waals surface area contributed by atoms with Crippen LogP contribution in [0.25, 0.3) is 0 Å². The van der Waals surface area contributed by atoms with Crippen molar-refractivity contribution in [2.24, 2.45) is 0 Å². The molecule has 1 aromatic carbocycles. The van der Waals surface area contributed by atoms with Crippen molar-refractivity contribution in [2.45, 2.75) is 45.3 Å². The molecule has 1 aliphatic heterocycles. The Morgan fingerprint density at radius 1 is 1.26 bits per heavy atom. The summed E-state index contributed by atoms with van der Waals surface area (Å²) in [6.07, 6.45) is 1.98. The molecule has 0 bridgehead atoms. The Balaban J connectivity index is 1.76. The van der Waals surface area contributed by atoms with Gasteiger partial charge < -0.3 is 19.6 Å².